The molecule has 2 N–H and O–H groups in total. The van der Waals surface area contributed by atoms with Crippen LogP contribution in [0.1, 0.15) is 25.0 Å². The number of rotatable bonds is 5. The topological polar surface area (TPSA) is 58.2 Å². The van der Waals surface area contributed by atoms with Gasteiger partial charge in [-0.3, -0.25) is 9.59 Å². The zero-order valence-electron chi connectivity index (χ0n) is 14.0. The third-order valence-electron chi connectivity index (χ3n) is 3.79. The van der Waals surface area contributed by atoms with E-state index in [1.807, 2.05) is 31.2 Å². The number of halogens is 1. The summed E-state index contributed by atoms with van der Waals surface area (Å²) in [5.74, 6) is -0.714. The lowest BCUT2D eigenvalue weighted by Gasteiger charge is -2.23. The first-order valence-electron chi connectivity index (χ1n) is 7.70. The van der Waals surface area contributed by atoms with E-state index >= 15 is 0 Å². The molecule has 24 heavy (non-hydrogen) atoms. The van der Waals surface area contributed by atoms with E-state index in [1.54, 1.807) is 38.1 Å². The average Bonchev–Trinajstić information content (AvgIpc) is 2.54. The number of aryl methyl sites for hydroxylation is 1. The molecule has 0 heterocycles. The number of anilines is 1. The van der Waals surface area contributed by atoms with Gasteiger partial charge in [0, 0.05) is 17.3 Å². The van der Waals surface area contributed by atoms with Gasteiger partial charge in [0.15, 0.2) is 0 Å². The molecule has 2 aromatic carbocycles. The van der Waals surface area contributed by atoms with Gasteiger partial charge in [-0.05, 0) is 44.5 Å². The van der Waals surface area contributed by atoms with Gasteiger partial charge in [0.25, 0.3) is 0 Å². The number of benzene rings is 2. The zero-order valence-corrected chi connectivity index (χ0v) is 14.8. The smallest absolute Gasteiger partial charge is 0.239 e. The van der Waals surface area contributed by atoms with Crippen LogP contribution in [0.2, 0.25) is 5.02 Å². The molecule has 0 unspecified atom stereocenters. The first-order chi connectivity index (χ1) is 11.3. The average molecular weight is 345 g/mol. The number of carbonyl (C=O) groups excluding carboxylic acids is 2. The van der Waals surface area contributed by atoms with Gasteiger partial charge in [-0.15, -0.1) is 0 Å². The van der Waals surface area contributed by atoms with Gasteiger partial charge in [0.1, 0.15) is 5.41 Å². The summed E-state index contributed by atoms with van der Waals surface area (Å²) in [5, 5.41) is 6.06. The highest BCUT2D eigenvalue weighted by Gasteiger charge is 2.35. The van der Waals surface area contributed by atoms with Gasteiger partial charge in [0.05, 0.1) is 0 Å². The summed E-state index contributed by atoms with van der Waals surface area (Å²) >= 11 is 5.90. The van der Waals surface area contributed by atoms with E-state index in [1.165, 1.54) is 0 Å². The Morgan fingerprint density at radius 2 is 1.71 bits per heavy atom. The standard InChI is InChI=1S/C19H21ClN2O2/c1-13-7-9-14(10-8-13)12-21-17(23)19(2,3)18(24)22-16-6-4-5-15(20)11-16/h4-11H,12H2,1-3H3,(H,21,23)(H,22,24). The number of amides is 2. The normalized spacial score (nSPS) is 11.0. The van der Waals surface area contributed by atoms with Crippen LogP contribution in [0.25, 0.3) is 0 Å². The molecular formula is C19H21ClN2O2. The van der Waals surface area contributed by atoms with Crippen LogP contribution >= 0.6 is 11.6 Å². The van der Waals surface area contributed by atoms with E-state index in [2.05, 4.69) is 10.6 Å². The molecule has 0 aliphatic heterocycles. The predicted octanol–water partition coefficient (Wildman–Crippen LogP) is 3.93. The third-order valence-corrected chi connectivity index (χ3v) is 4.03. The molecule has 2 rings (SSSR count). The van der Waals surface area contributed by atoms with Crippen molar-refractivity contribution in [1.29, 1.82) is 0 Å². The first kappa shape index (κ1) is 18.0. The molecule has 0 spiro atoms. The summed E-state index contributed by atoms with van der Waals surface area (Å²) < 4.78 is 0. The van der Waals surface area contributed by atoms with E-state index in [0.29, 0.717) is 17.3 Å². The molecular weight excluding hydrogens is 324 g/mol. The lowest BCUT2D eigenvalue weighted by Crippen LogP contribution is -2.44. The molecule has 0 bridgehead atoms. The maximum Gasteiger partial charge on any atom is 0.239 e. The molecule has 0 aliphatic carbocycles. The first-order valence-corrected chi connectivity index (χ1v) is 8.08. The molecule has 0 saturated heterocycles. The Bertz CT molecular complexity index is 739. The van der Waals surface area contributed by atoms with E-state index in [-0.39, 0.29) is 11.8 Å². The van der Waals surface area contributed by atoms with Crippen molar-refractivity contribution in [3.63, 3.8) is 0 Å². The molecule has 0 aromatic heterocycles. The van der Waals surface area contributed by atoms with E-state index in [9.17, 15) is 9.59 Å². The van der Waals surface area contributed by atoms with Gasteiger partial charge < -0.3 is 10.6 Å². The molecule has 5 heteroatoms. The maximum atomic E-state index is 12.4. The minimum atomic E-state index is -1.20. The Balaban J connectivity index is 1.98. The molecule has 0 fully saturated rings. The van der Waals surface area contributed by atoms with Gasteiger partial charge in [-0.1, -0.05) is 47.5 Å². The lowest BCUT2D eigenvalue weighted by molar-refractivity contribution is -0.138. The largest absolute Gasteiger partial charge is 0.351 e. The molecule has 0 saturated carbocycles. The minimum absolute atomic E-state index is 0.331. The highest BCUT2D eigenvalue weighted by atomic mass is 35.5. The second-order valence-corrected chi connectivity index (χ2v) is 6.69. The Morgan fingerprint density at radius 3 is 2.33 bits per heavy atom. The highest BCUT2D eigenvalue weighted by Crippen LogP contribution is 2.21. The summed E-state index contributed by atoms with van der Waals surface area (Å²) in [4.78, 5) is 24.8. The lowest BCUT2D eigenvalue weighted by atomic mass is 9.90. The fourth-order valence-corrected chi connectivity index (χ4v) is 2.26. The van der Waals surface area contributed by atoms with Gasteiger partial charge >= 0.3 is 0 Å². The van der Waals surface area contributed by atoms with E-state index < -0.39 is 5.41 Å². The minimum Gasteiger partial charge on any atom is -0.351 e. The zero-order chi connectivity index (χ0) is 17.7. The highest BCUT2D eigenvalue weighted by molar-refractivity contribution is 6.31. The Hall–Kier alpha value is -2.33. The van der Waals surface area contributed by atoms with Gasteiger partial charge in [-0.2, -0.15) is 0 Å². The van der Waals surface area contributed by atoms with Crippen molar-refractivity contribution in [2.75, 3.05) is 5.32 Å². The van der Waals surface area contributed by atoms with Gasteiger partial charge in [-0.25, -0.2) is 0 Å². The van der Waals surface area contributed by atoms with Crippen LogP contribution in [0.5, 0.6) is 0 Å². The number of nitrogens with one attached hydrogen (secondary N) is 2. The molecule has 0 atom stereocenters. The summed E-state index contributed by atoms with van der Waals surface area (Å²) in [6, 6.07) is 14.7. The van der Waals surface area contributed by atoms with Crippen molar-refractivity contribution in [2.24, 2.45) is 5.41 Å². The quantitative estimate of drug-likeness (QED) is 0.807. The Labute approximate surface area is 147 Å². The van der Waals surface area contributed by atoms with Crippen LogP contribution in [0.3, 0.4) is 0 Å². The second-order valence-electron chi connectivity index (χ2n) is 6.26. The maximum absolute atomic E-state index is 12.4. The van der Waals surface area contributed by atoms with Crippen molar-refractivity contribution < 1.29 is 9.59 Å². The second kappa shape index (κ2) is 7.49. The third kappa shape index (κ3) is 4.59. The van der Waals surface area contributed by atoms with Crippen LogP contribution < -0.4 is 10.6 Å². The van der Waals surface area contributed by atoms with Crippen molar-refractivity contribution >= 4 is 29.1 Å². The SMILES string of the molecule is Cc1ccc(CNC(=O)C(C)(C)C(=O)Nc2cccc(Cl)c2)cc1. The van der Waals surface area contributed by atoms with Crippen molar-refractivity contribution in [3.05, 3.63) is 64.7 Å². The van der Waals surface area contributed by atoms with Crippen LogP contribution in [0.15, 0.2) is 48.5 Å². The number of carbonyl (C=O) groups is 2. The van der Waals surface area contributed by atoms with Crippen LogP contribution in [0, 0.1) is 12.3 Å². The van der Waals surface area contributed by atoms with Crippen molar-refractivity contribution in [1.82, 2.24) is 5.32 Å². The number of hydrogen-bond acceptors (Lipinski definition) is 2. The predicted molar refractivity (Wildman–Crippen MR) is 96.9 cm³/mol. The Kier molecular flexibility index (Phi) is 5.62. The monoisotopic (exact) mass is 344 g/mol. The van der Waals surface area contributed by atoms with Gasteiger partial charge in [0.2, 0.25) is 11.8 Å². The fourth-order valence-electron chi connectivity index (χ4n) is 2.07. The van der Waals surface area contributed by atoms with Crippen LogP contribution in [-0.2, 0) is 16.1 Å². The van der Waals surface area contributed by atoms with E-state index in [0.717, 1.165) is 11.1 Å². The summed E-state index contributed by atoms with van der Waals surface area (Å²) in [6.07, 6.45) is 0. The molecule has 2 aromatic rings. The summed E-state index contributed by atoms with van der Waals surface area (Å²) in [7, 11) is 0. The van der Waals surface area contributed by atoms with Crippen molar-refractivity contribution in [2.45, 2.75) is 27.3 Å². The Morgan fingerprint density at radius 1 is 1.04 bits per heavy atom. The molecule has 4 nitrogen and oxygen atoms in total. The van der Waals surface area contributed by atoms with Crippen LogP contribution in [0.4, 0.5) is 5.69 Å². The molecule has 0 aliphatic rings. The van der Waals surface area contributed by atoms with Crippen LogP contribution in [-0.4, -0.2) is 11.8 Å². The molecule has 126 valence electrons. The summed E-state index contributed by atoms with van der Waals surface area (Å²) in [6.45, 7) is 5.58. The molecule has 2 amide bonds. The molecule has 0 radical (unpaired) electrons. The fraction of sp³-hybridized carbons (Fsp3) is 0.263. The van der Waals surface area contributed by atoms with Crippen molar-refractivity contribution in [3.8, 4) is 0 Å². The summed E-state index contributed by atoms with van der Waals surface area (Å²) in [5.41, 5.74) is 1.51. The van der Waals surface area contributed by atoms with E-state index in [4.69, 9.17) is 11.6 Å². The number of hydrogen-bond donors (Lipinski definition) is 2.